The zero-order valence-electron chi connectivity index (χ0n) is 15.3. The summed E-state index contributed by atoms with van der Waals surface area (Å²) in [6.45, 7) is 0.165. The zero-order chi connectivity index (χ0) is 20.4. The lowest BCUT2D eigenvalue weighted by Crippen LogP contribution is -2.29. The van der Waals surface area contributed by atoms with Crippen molar-refractivity contribution in [2.45, 2.75) is 12.6 Å². The monoisotopic (exact) mass is 388 g/mol. The fourth-order valence-corrected chi connectivity index (χ4v) is 3.48. The second-order valence-electron chi connectivity index (χ2n) is 6.71. The van der Waals surface area contributed by atoms with Crippen LogP contribution in [0.5, 0.6) is 0 Å². The molecule has 1 atom stereocenters. The number of benzene rings is 2. The smallest absolute Gasteiger partial charge is 0.295 e. The van der Waals surface area contributed by atoms with Crippen LogP contribution in [-0.2, 0) is 16.1 Å². The number of carbonyl (C=O) groups is 2. The lowest BCUT2D eigenvalue weighted by molar-refractivity contribution is -0.140. The molecule has 1 unspecified atom stereocenters. The van der Waals surface area contributed by atoms with Crippen molar-refractivity contribution in [2.24, 2.45) is 0 Å². The number of Topliss-reactive ketones (excluding diaryl/α,β-unsaturated/α-hetero) is 1. The van der Waals surface area contributed by atoms with Crippen LogP contribution in [0.4, 0.5) is 4.39 Å². The van der Waals surface area contributed by atoms with Crippen molar-refractivity contribution >= 4 is 17.4 Å². The molecule has 1 amide bonds. The summed E-state index contributed by atoms with van der Waals surface area (Å²) in [5.41, 5.74) is 1.71. The topological polar surface area (TPSA) is 70.5 Å². The van der Waals surface area contributed by atoms with Gasteiger partial charge in [-0.1, -0.05) is 36.4 Å². The minimum Gasteiger partial charge on any atom is -0.507 e. The predicted molar refractivity (Wildman–Crippen MR) is 105 cm³/mol. The van der Waals surface area contributed by atoms with Gasteiger partial charge in [-0.3, -0.25) is 14.6 Å². The number of hydrogen-bond donors (Lipinski definition) is 1. The third-order valence-corrected chi connectivity index (χ3v) is 4.85. The van der Waals surface area contributed by atoms with Gasteiger partial charge in [-0.25, -0.2) is 4.39 Å². The maximum absolute atomic E-state index is 13.3. The van der Waals surface area contributed by atoms with Gasteiger partial charge in [0.1, 0.15) is 11.6 Å². The highest BCUT2D eigenvalue weighted by atomic mass is 19.1. The Morgan fingerprint density at radius 2 is 1.72 bits per heavy atom. The number of aromatic nitrogens is 1. The molecule has 2 aromatic carbocycles. The average Bonchev–Trinajstić information content (AvgIpc) is 3.00. The van der Waals surface area contributed by atoms with Crippen LogP contribution in [0, 0.1) is 5.82 Å². The Kier molecular flexibility index (Phi) is 4.91. The second kappa shape index (κ2) is 7.67. The van der Waals surface area contributed by atoms with E-state index in [1.54, 1.807) is 42.7 Å². The van der Waals surface area contributed by atoms with Crippen LogP contribution < -0.4 is 0 Å². The Bertz CT molecular complexity index is 1080. The van der Waals surface area contributed by atoms with Gasteiger partial charge in [-0.15, -0.1) is 0 Å². The maximum Gasteiger partial charge on any atom is 0.295 e. The third kappa shape index (κ3) is 3.52. The highest BCUT2D eigenvalue weighted by molar-refractivity contribution is 6.46. The second-order valence-corrected chi connectivity index (χ2v) is 6.71. The number of aliphatic hydroxyl groups excluding tert-OH is 1. The number of amides is 1. The van der Waals surface area contributed by atoms with Crippen molar-refractivity contribution in [3.63, 3.8) is 0 Å². The van der Waals surface area contributed by atoms with Crippen LogP contribution in [0.3, 0.4) is 0 Å². The van der Waals surface area contributed by atoms with Gasteiger partial charge < -0.3 is 10.0 Å². The minimum absolute atomic E-state index is 0.0169. The van der Waals surface area contributed by atoms with Crippen molar-refractivity contribution in [1.29, 1.82) is 0 Å². The van der Waals surface area contributed by atoms with Gasteiger partial charge in [0.05, 0.1) is 11.6 Å². The van der Waals surface area contributed by atoms with E-state index in [0.29, 0.717) is 5.56 Å². The standard InChI is InChI=1S/C23H17FN2O3/c24-18-10-8-17(9-11-18)21(27)19-20(16-6-2-1-3-7-16)26(23(29)22(19)28)14-15-5-4-12-25-13-15/h1-13,20,27H,14H2. The molecular formula is C23H17FN2O3. The van der Waals surface area contributed by atoms with Gasteiger partial charge in [0.25, 0.3) is 11.7 Å². The number of halogens is 1. The van der Waals surface area contributed by atoms with Crippen LogP contribution in [-0.4, -0.2) is 26.7 Å². The highest BCUT2D eigenvalue weighted by Gasteiger charge is 2.46. The summed E-state index contributed by atoms with van der Waals surface area (Å²) < 4.78 is 13.3. The molecule has 1 saturated heterocycles. The van der Waals surface area contributed by atoms with E-state index in [4.69, 9.17) is 0 Å². The SMILES string of the molecule is O=C1C(=O)N(Cc2cccnc2)C(c2ccccc2)C1=C(O)c1ccc(F)cc1. The van der Waals surface area contributed by atoms with Crippen molar-refractivity contribution in [1.82, 2.24) is 9.88 Å². The molecule has 0 spiro atoms. The number of likely N-dealkylation sites (tertiary alicyclic amines) is 1. The Labute approximate surface area is 166 Å². The summed E-state index contributed by atoms with van der Waals surface area (Å²) in [5, 5.41) is 10.9. The Morgan fingerprint density at radius 1 is 1.00 bits per heavy atom. The van der Waals surface area contributed by atoms with E-state index in [0.717, 1.165) is 5.56 Å². The summed E-state index contributed by atoms with van der Waals surface area (Å²) in [6.07, 6.45) is 3.25. The van der Waals surface area contributed by atoms with Gasteiger partial charge in [-0.2, -0.15) is 0 Å². The van der Waals surface area contributed by atoms with Gasteiger partial charge >= 0.3 is 0 Å². The normalized spacial score (nSPS) is 18.2. The molecule has 1 aliphatic rings. The predicted octanol–water partition coefficient (Wildman–Crippen LogP) is 3.84. The van der Waals surface area contributed by atoms with E-state index in [9.17, 15) is 19.1 Å². The molecule has 6 heteroatoms. The van der Waals surface area contributed by atoms with E-state index in [1.807, 2.05) is 12.1 Å². The number of aliphatic hydroxyl groups is 1. The first-order valence-corrected chi connectivity index (χ1v) is 9.04. The first-order chi connectivity index (χ1) is 14.1. The van der Waals surface area contributed by atoms with E-state index < -0.39 is 23.5 Å². The molecule has 0 saturated carbocycles. The molecule has 1 aromatic heterocycles. The summed E-state index contributed by atoms with van der Waals surface area (Å²) in [7, 11) is 0. The number of hydrogen-bond acceptors (Lipinski definition) is 4. The van der Waals surface area contributed by atoms with Crippen LogP contribution in [0.25, 0.3) is 5.76 Å². The lowest BCUT2D eigenvalue weighted by Gasteiger charge is -2.25. The molecule has 1 aliphatic heterocycles. The van der Waals surface area contributed by atoms with Crippen molar-refractivity contribution in [2.75, 3.05) is 0 Å². The maximum atomic E-state index is 13.3. The number of rotatable bonds is 4. The molecule has 2 heterocycles. The highest BCUT2D eigenvalue weighted by Crippen LogP contribution is 2.40. The molecule has 1 fully saturated rings. The first-order valence-electron chi connectivity index (χ1n) is 9.04. The van der Waals surface area contributed by atoms with Crippen LogP contribution in [0.1, 0.15) is 22.7 Å². The number of carbonyl (C=O) groups excluding carboxylic acids is 2. The van der Waals surface area contributed by atoms with Gasteiger partial charge in [0, 0.05) is 24.5 Å². The molecule has 5 nitrogen and oxygen atoms in total. The molecule has 0 radical (unpaired) electrons. The Hall–Kier alpha value is -3.80. The number of pyridine rings is 1. The van der Waals surface area contributed by atoms with E-state index in [1.165, 1.54) is 29.2 Å². The summed E-state index contributed by atoms with van der Waals surface area (Å²) in [4.78, 5) is 31.2. The quantitative estimate of drug-likeness (QED) is 0.419. The molecule has 0 bridgehead atoms. The fourth-order valence-electron chi connectivity index (χ4n) is 3.48. The van der Waals surface area contributed by atoms with Crippen LogP contribution in [0.15, 0.2) is 84.7 Å². The number of ketones is 1. The molecule has 29 heavy (non-hydrogen) atoms. The van der Waals surface area contributed by atoms with Gasteiger partial charge in [-0.05, 0) is 41.5 Å². The van der Waals surface area contributed by atoms with Crippen LogP contribution >= 0.6 is 0 Å². The molecule has 4 rings (SSSR count). The van der Waals surface area contributed by atoms with Crippen molar-refractivity contribution in [3.05, 3.63) is 107 Å². The molecule has 144 valence electrons. The Morgan fingerprint density at radius 3 is 2.38 bits per heavy atom. The zero-order valence-corrected chi connectivity index (χ0v) is 15.3. The average molecular weight is 388 g/mol. The molecule has 0 aliphatic carbocycles. The summed E-state index contributed by atoms with van der Waals surface area (Å²) >= 11 is 0. The minimum atomic E-state index is -0.774. The van der Waals surface area contributed by atoms with Crippen LogP contribution in [0.2, 0.25) is 0 Å². The Balaban J connectivity index is 1.85. The van der Waals surface area contributed by atoms with Crippen molar-refractivity contribution in [3.8, 4) is 0 Å². The summed E-state index contributed by atoms with van der Waals surface area (Å²) in [6, 6.07) is 17.0. The molecule has 3 aromatic rings. The first kappa shape index (κ1) is 18.6. The molecule has 1 N–H and O–H groups in total. The largest absolute Gasteiger partial charge is 0.507 e. The third-order valence-electron chi connectivity index (χ3n) is 4.85. The van der Waals surface area contributed by atoms with Crippen molar-refractivity contribution < 1.29 is 19.1 Å². The van der Waals surface area contributed by atoms with Gasteiger partial charge in [0.2, 0.25) is 0 Å². The van der Waals surface area contributed by atoms with E-state index >= 15 is 0 Å². The lowest BCUT2D eigenvalue weighted by atomic mass is 9.95. The fraction of sp³-hybridized carbons (Fsp3) is 0.0870. The van der Waals surface area contributed by atoms with Gasteiger partial charge in [0.15, 0.2) is 0 Å². The van der Waals surface area contributed by atoms with E-state index in [2.05, 4.69) is 4.98 Å². The van der Waals surface area contributed by atoms with E-state index in [-0.39, 0.29) is 23.4 Å². The number of nitrogens with zero attached hydrogens (tertiary/aromatic N) is 2. The summed E-state index contributed by atoms with van der Waals surface area (Å²) in [5.74, 6) is -2.26. The molecular weight excluding hydrogens is 371 g/mol.